The van der Waals surface area contributed by atoms with Crippen molar-refractivity contribution in [3.8, 4) is 0 Å². The molecular formula is C15H19N5O2S. The predicted molar refractivity (Wildman–Crippen MR) is 87.3 cm³/mol. The van der Waals surface area contributed by atoms with Crippen LogP contribution < -0.4 is 5.32 Å². The van der Waals surface area contributed by atoms with Crippen LogP contribution in [0.25, 0.3) is 0 Å². The fourth-order valence-electron chi connectivity index (χ4n) is 2.42. The number of ether oxygens (including phenoxy) is 1. The summed E-state index contributed by atoms with van der Waals surface area (Å²) in [5.41, 5.74) is 0.814. The minimum atomic E-state index is -0.00575. The van der Waals surface area contributed by atoms with E-state index in [-0.39, 0.29) is 5.91 Å². The molecule has 1 aliphatic heterocycles. The van der Waals surface area contributed by atoms with Crippen LogP contribution in [0.4, 0.5) is 5.69 Å². The number of tetrazole rings is 1. The van der Waals surface area contributed by atoms with E-state index < -0.39 is 0 Å². The SMILES string of the molecule is O=C(CCSc1nnnn1C1CCOCC1)Nc1ccccc1. The molecule has 3 rings (SSSR count). The lowest BCUT2D eigenvalue weighted by Crippen LogP contribution is -2.21. The summed E-state index contributed by atoms with van der Waals surface area (Å²) in [6, 6.07) is 9.74. The number of rotatable bonds is 6. The zero-order chi connectivity index (χ0) is 15.9. The van der Waals surface area contributed by atoms with Crippen molar-refractivity contribution in [1.29, 1.82) is 0 Å². The van der Waals surface area contributed by atoms with Crippen LogP contribution in [0, 0.1) is 0 Å². The Morgan fingerprint density at radius 3 is 2.87 bits per heavy atom. The zero-order valence-electron chi connectivity index (χ0n) is 12.7. The van der Waals surface area contributed by atoms with E-state index in [0.717, 1.165) is 36.9 Å². The molecule has 0 radical (unpaired) electrons. The summed E-state index contributed by atoms with van der Waals surface area (Å²) in [4.78, 5) is 11.9. The smallest absolute Gasteiger partial charge is 0.225 e. The fourth-order valence-corrected chi connectivity index (χ4v) is 3.30. The molecule has 1 amide bonds. The standard InChI is InChI=1S/C15H19N5O2S/c21-14(16-12-4-2-1-3-5-12)8-11-23-15-17-18-19-20(15)13-6-9-22-10-7-13/h1-5,13H,6-11H2,(H,16,21). The highest BCUT2D eigenvalue weighted by molar-refractivity contribution is 7.99. The van der Waals surface area contributed by atoms with E-state index in [9.17, 15) is 4.79 Å². The lowest BCUT2D eigenvalue weighted by atomic mass is 10.1. The number of hydrogen-bond donors (Lipinski definition) is 1. The van der Waals surface area contributed by atoms with Crippen LogP contribution in [-0.4, -0.2) is 45.1 Å². The second kappa shape index (κ2) is 8.07. The van der Waals surface area contributed by atoms with E-state index in [4.69, 9.17) is 4.74 Å². The molecule has 1 fully saturated rings. The molecule has 23 heavy (non-hydrogen) atoms. The number of para-hydroxylation sites is 1. The number of nitrogens with zero attached hydrogens (tertiary/aromatic N) is 4. The number of thioether (sulfide) groups is 1. The van der Waals surface area contributed by atoms with Crippen LogP contribution in [0.3, 0.4) is 0 Å². The monoisotopic (exact) mass is 333 g/mol. The van der Waals surface area contributed by atoms with Gasteiger partial charge in [0.25, 0.3) is 0 Å². The molecule has 0 atom stereocenters. The van der Waals surface area contributed by atoms with Gasteiger partial charge in [0.15, 0.2) is 0 Å². The van der Waals surface area contributed by atoms with Gasteiger partial charge in [-0.3, -0.25) is 4.79 Å². The lowest BCUT2D eigenvalue weighted by Gasteiger charge is -2.22. The van der Waals surface area contributed by atoms with Gasteiger partial charge in [0, 0.05) is 31.1 Å². The predicted octanol–water partition coefficient (Wildman–Crippen LogP) is 2.15. The summed E-state index contributed by atoms with van der Waals surface area (Å²) in [5.74, 6) is 0.635. The third-order valence-electron chi connectivity index (χ3n) is 3.62. The molecule has 1 aromatic heterocycles. The Bertz CT molecular complexity index is 628. The molecule has 1 aromatic carbocycles. The van der Waals surface area contributed by atoms with Gasteiger partial charge in [0.2, 0.25) is 11.1 Å². The van der Waals surface area contributed by atoms with Gasteiger partial charge in [0.1, 0.15) is 0 Å². The van der Waals surface area contributed by atoms with E-state index in [0.29, 0.717) is 18.2 Å². The number of aromatic nitrogens is 4. The Labute approximate surface area is 138 Å². The van der Waals surface area contributed by atoms with Crippen molar-refractivity contribution in [2.45, 2.75) is 30.5 Å². The first-order valence-electron chi connectivity index (χ1n) is 7.66. The van der Waals surface area contributed by atoms with Crippen molar-refractivity contribution < 1.29 is 9.53 Å². The van der Waals surface area contributed by atoms with Gasteiger partial charge in [0.05, 0.1) is 6.04 Å². The van der Waals surface area contributed by atoms with Gasteiger partial charge >= 0.3 is 0 Å². The minimum absolute atomic E-state index is 0.00575. The van der Waals surface area contributed by atoms with Gasteiger partial charge < -0.3 is 10.1 Å². The number of carbonyl (C=O) groups excluding carboxylic acids is 1. The summed E-state index contributed by atoms with van der Waals surface area (Å²) in [5, 5.41) is 15.6. The summed E-state index contributed by atoms with van der Waals surface area (Å²) in [6.45, 7) is 1.49. The number of anilines is 1. The Hall–Kier alpha value is -1.93. The van der Waals surface area contributed by atoms with Crippen molar-refractivity contribution in [3.63, 3.8) is 0 Å². The Morgan fingerprint density at radius 2 is 2.09 bits per heavy atom. The van der Waals surface area contributed by atoms with Crippen LogP contribution in [-0.2, 0) is 9.53 Å². The average molecular weight is 333 g/mol. The first kappa shape index (κ1) is 15.9. The Morgan fingerprint density at radius 1 is 1.30 bits per heavy atom. The number of carbonyl (C=O) groups is 1. The van der Waals surface area contributed by atoms with Crippen LogP contribution in [0.2, 0.25) is 0 Å². The molecular weight excluding hydrogens is 314 g/mol. The molecule has 1 aliphatic rings. The summed E-state index contributed by atoms with van der Waals surface area (Å²) >= 11 is 1.51. The molecule has 0 unspecified atom stereocenters. The largest absolute Gasteiger partial charge is 0.381 e. The van der Waals surface area contributed by atoms with E-state index in [1.54, 1.807) is 0 Å². The maximum atomic E-state index is 11.9. The quantitative estimate of drug-likeness (QED) is 0.816. The van der Waals surface area contributed by atoms with Crippen molar-refractivity contribution >= 4 is 23.4 Å². The minimum Gasteiger partial charge on any atom is -0.381 e. The van der Waals surface area contributed by atoms with Gasteiger partial charge in [-0.1, -0.05) is 30.0 Å². The summed E-state index contributed by atoms with van der Waals surface area (Å²) < 4.78 is 7.23. The maximum Gasteiger partial charge on any atom is 0.225 e. The van der Waals surface area contributed by atoms with E-state index in [1.165, 1.54) is 11.8 Å². The van der Waals surface area contributed by atoms with Crippen LogP contribution in [0.15, 0.2) is 35.5 Å². The Balaban J connectivity index is 1.47. The van der Waals surface area contributed by atoms with Crippen molar-refractivity contribution in [2.75, 3.05) is 24.3 Å². The summed E-state index contributed by atoms with van der Waals surface area (Å²) in [7, 11) is 0. The molecule has 2 heterocycles. The number of amides is 1. The molecule has 122 valence electrons. The van der Waals surface area contributed by atoms with Crippen molar-refractivity contribution in [2.24, 2.45) is 0 Å². The second-order valence-corrected chi connectivity index (χ2v) is 6.32. The normalized spacial score (nSPS) is 15.5. The maximum absolute atomic E-state index is 11.9. The molecule has 0 aliphatic carbocycles. The highest BCUT2D eigenvalue weighted by Gasteiger charge is 2.20. The van der Waals surface area contributed by atoms with Crippen molar-refractivity contribution in [1.82, 2.24) is 20.2 Å². The molecule has 8 heteroatoms. The highest BCUT2D eigenvalue weighted by Crippen LogP contribution is 2.25. The van der Waals surface area contributed by atoms with Crippen LogP contribution >= 0.6 is 11.8 Å². The molecule has 0 bridgehead atoms. The van der Waals surface area contributed by atoms with Gasteiger partial charge in [-0.25, -0.2) is 4.68 Å². The molecule has 7 nitrogen and oxygen atoms in total. The first-order valence-corrected chi connectivity index (χ1v) is 8.65. The van der Waals surface area contributed by atoms with E-state index in [1.807, 2.05) is 35.0 Å². The second-order valence-electron chi connectivity index (χ2n) is 5.26. The lowest BCUT2D eigenvalue weighted by molar-refractivity contribution is -0.115. The number of hydrogen-bond acceptors (Lipinski definition) is 6. The van der Waals surface area contributed by atoms with E-state index >= 15 is 0 Å². The molecule has 1 N–H and O–H groups in total. The van der Waals surface area contributed by atoms with Gasteiger partial charge in [-0.2, -0.15) is 0 Å². The number of nitrogens with one attached hydrogen (secondary N) is 1. The third-order valence-corrected chi connectivity index (χ3v) is 4.55. The number of benzene rings is 1. The molecule has 0 saturated carbocycles. The average Bonchev–Trinajstić information content (AvgIpc) is 3.05. The topological polar surface area (TPSA) is 81.9 Å². The molecule has 2 aromatic rings. The highest BCUT2D eigenvalue weighted by atomic mass is 32.2. The van der Waals surface area contributed by atoms with Gasteiger partial charge in [-0.15, -0.1) is 5.10 Å². The van der Waals surface area contributed by atoms with Crippen molar-refractivity contribution in [3.05, 3.63) is 30.3 Å². The van der Waals surface area contributed by atoms with Crippen LogP contribution in [0.1, 0.15) is 25.3 Å². The van der Waals surface area contributed by atoms with E-state index in [2.05, 4.69) is 20.8 Å². The fraction of sp³-hybridized carbons (Fsp3) is 0.467. The summed E-state index contributed by atoms with van der Waals surface area (Å²) in [6.07, 6.45) is 2.26. The zero-order valence-corrected chi connectivity index (χ0v) is 13.5. The van der Waals surface area contributed by atoms with Gasteiger partial charge in [-0.05, 0) is 35.4 Å². The molecule has 1 saturated heterocycles. The third kappa shape index (κ3) is 4.52. The Kier molecular flexibility index (Phi) is 5.60. The van der Waals surface area contributed by atoms with Crippen LogP contribution in [0.5, 0.6) is 0 Å². The first-order chi connectivity index (χ1) is 11.3. The molecule has 0 spiro atoms.